The average molecular weight is 316 g/mol. The molecular formula is C19H25FN2O. The van der Waals surface area contributed by atoms with Gasteiger partial charge in [0.1, 0.15) is 11.5 Å². The summed E-state index contributed by atoms with van der Waals surface area (Å²) in [7, 11) is 1.82. The van der Waals surface area contributed by atoms with Crippen LogP contribution >= 0.6 is 0 Å². The molecule has 0 fully saturated rings. The summed E-state index contributed by atoms with van der Waals surface area (Å²) < 4.78 is 16.0. The van der Waals surface area contributed by atoms with Crippen LogP contribution in [0.25, 0.3) is 0 Å². The SMILES string of the molecule is CCCN(C)C(=O)c1c(C)c(C)c(C)n1Cc1ccccc1F. The Kier molecular flexibility index (Phi) is 5.24. The van der Waals surface area contributed by atoms with Crippen LogP contribution in [-0.4, -0.2) is 29.0 Å². The second kappa shape index (κ2) is 6.99. The van der Waals surface area contributed by atoms with Crippen LogP contribution < -0.4 is 0 Å². The third-order valence-electron chi connectivity index (χ3n) is 4.53. The fourth-order valence-electron chi connectivity index (χ4n) is 2.91. The lowest BCUT2D eigenvalue weighted by molar-refractivity contribution is 0.0784. The molecule has 3 nitrogen and oxygen atoms in total. The van der Waals surface area contributed by atoms with Crippen molar-refractivity contribution in [3.63, 3.8) is 0 Å². The van der Waals surface area contributed by atoms with E-state index in [2.05, 4.69) is 0 Å². The van der Waals surface area contributed by atoms with Gasteiger partial charge in [0.15, 0.2) is 0 Å². The molecule has 1 aromatic heterocycles. The van der Waals surface area contributed by atoms with Gasteiger partial charge >= 0.3 is 0 Å². The first-order valence-corrected chi connectivity index (χ1v) is 8.03. The predicted octanol–water partition coefficient (Wildman–Crippen LogP) is 4.08. The number of halogens is 1. The number of amides is 1. The molecule has 1 heterocycles. The molecule has 2 aromatic rings. The second-order valence-electron chi connectivity index (χ2n) is 6.09. The Labute approximate surface area is 137 Å². The molecule has 1 aromatic carbocycles. The van der Waals surface area contributed by atoms with Crippen molar-refractivity contribution in [1.82, 2.24) is 9.47 Å². The number of benzene rings is 1. The highest BCUT2D eigenvalue weighted by Crippen LogP contribution is 2.24. The Morgan fingerprint density at radius 3 is 2.43 bits per heavy atom. The van der Waals surface area contributed by atoms with Gasteiger partial charge in [-0.25, -0.2) is 4.39 Å². The van der Waals surface area contributed by atoms with Gasteiger partial charge < -0.3 is 9.47 Å². The van der Waals surface area contributed by atoms with Gasteiger partial charge in [0, 0.05) is 24.8 Å². The summed E-state index contributed by atoms with van der Waals surface area (Å²) in [6.07, 6.45) is 0.910. The molecule has 0 radical (unpaired) electrons. The summed E-state index contributed by atoms with van der Waals surface area (Å²) in [5, 5.41) is 0. The van der Waals surface area contributed by atoms with Gasteiger partial charge in [-0.2, -0.15) is 0 Å². The van der Waals surface area contributed by atoms with Crippen LogP contribution in [-0.2, 0) is 6.54 Å². The van der Waals surface area contributed by atoms with Crippen LogP contribution in [0.15, 0.2) is 24.3 Å². The minimum absolute atomic E-state index is 0.00288. The third-order valence-corrected chi connectivity index (χ3v) is 4.53. The Hall–Kier alpha value is -2.10. The normalized spacial score (nSPS) is 10.9. The first-order chi connectivity index (χ1) is 10.9. The van der Waals surface area contributed by atoms with E-state index >= 15 is 0 Å². The molecule has 0 atom stereocenters. The molecular weight excluding hydrogens is 291 g/mol. The molecule has 0 N–H and O–H groups in total. The van der Waals surface area contributed by atoms with Crippen molar-refractivity contribution in [3.05, 3.63) is 58.2 Å². The van der Waals surface area contributed by atoms with Gasteiger partial charge in [0.05, 0.1) is 6.54 Å². The van der Waals surface area contributed by atoms with E-state index < -0.39 is 0 Å². The number of rotatable bonds is 5. The van der Waals surface area contributed by atoms with E-state index in [1.165, 1.54) is 6.07 Å². The zero-order valence-corrected chi connectivity index (χ0v) is 14.6. The van der Waals surface area contributed by atoms with Crippen molar-refractivity contribution in [2.45, 2.75) is 40.7 Å². The molecule has 0 aliphatic heterocycles. The van der Waals surface area contributed by atoms with Crippen LogP contribution in [0, 0.1) is 26.6 Å². The summed E-state index contributed by atoms with van der Waals surface area (Å²) in [6.45, 7) is 9.09. The van der Waals surface area contributed by atoms with E-state index in [-0.39, 0.29) is 11.7 Å². The molecule has 2 rings (SSSR count). The number of aromatic nitrogens is 1. The van der Waals surface area contributed by atoms with E-state index in [4.69, 9.17) is 0 Å². The van der Waals surface area contributed by atoms with E-state index in [9.17, 15) is 9.18 Å². The summed E-state index contributed by atoms with van der Waals surface area (Å²) in [5.74, 6) is -0.242. The Morgan fingerprint density at radius 1 is 1.17 bits per heavy atom. The maximum absolute atomic E-state index is 14.0. The van der Waals surface area contributed by atoms with E-state index in [0.717, 1.165) is 23.2 Å². The summed E-state index contributed by atoms with van der Waals surface area (Å²) in [6, 6.07) is 6.72. The minimum Gasteiger partial charge on any atom is -0.340 e. The topological polar surface area (TPSA) is 25.2 Å². The third kappa shape index (κ3) is 3.31. The fourth-order valence-corrected chi connectivity index (χ4v) is 2.91. The van der Waals surface area contributed by atoms with Crippen LogP contribution in [0.5, 0.6) is 0 Å². The lowest BCUT2D eigenvalue weighted by Gasteiger charge is -2.19. The quantitative estimate of drug-likeness (QED) is 0.816. The molecule has 0 saturated heterocycles. The number of nitrogens with zero attached hydrogens (tertiary/aromatic N) is 2. The molecule has 0 aliphatic carbocycles. The average Bonchev–Trinajstić information content (AvgIpc) is 2.73. The minimum atomic E-state index is -0.240. The molecule has 0 aliphatic rings. The first kappa shape index (κ1) is 17.3. The second-order valence-corrected chi connectivity index (χ2v) is 6.09. The molecule has 23 heavy (non-hydrogen) atoms. The smallest absolute Gasteiger partial charge is 0.270 e. The fraction of sp³-hybridized carbons (Fsp3) is 0.421. The van der Waals surface area contributed by atoms with Gasteiger partial charge in [0.25, 0.3) is 5.91 Å². The number of carbonyl (C=O) groups is 1. The maximum atomic E-state index is 14.0. The molecule has 0 bridgehead atoms. The maximum Gasteiger partial charge on any atom is 0.270 e. The number of hydrogen-bond donors (Lipinski definition) is 0. The van der Waals surface area contributed by atoms with Crippen molar-refractivity contribution in [3.8, 4) is 0 Å². The van der Waals surface area contributed by atoms with Crippen molar-refractivity contribution >= 4 is 5.91 Å². The monoisotopic (exact) mass is 316 g/mol. The number of hydrogen-bond acceptors (Lipinski definition) is 1. The molecule has 0 unspecified atom stereocenters. The van der Waals surface area contributed by atoms with E-state index in [1.54, 1.807) is 17.0 Å². The van der Waals surface area contributed by atoms with Gasteiger partial charge in [-0.05, 0) is 44.4 Å². The summed E-state index contributed by atoms with van der Waals surface area (Å²) in [4.78, 5) is 14.6. The molecule has 124 valence electrons. The lowest BCUT2D eigenvalue weighted by Crippen LogP contribution is -2.30. The highest BCUT2D eigenvalue weighted by atomic mass is 19.1. The Balaban J connectivity index is 2.49. The zero-order chi connectivity index (χ0) is 17.1. The van der Waals surface area contributed by atoms with E-state index in [1.807, 2.05) is 45.4 Å². The summed E-state index contributed by atoms with van der Waals surface area (Å²) in [5.41, 5.74) is 4.34. The molecule has 1 amide bonds. The van der Waals surface area contributed by atoms with Crippen molar-refractivity contribution < 1.29 is 9.18 Å². The largest absolute Gasteiger partial charge is 0.340 e. The van der Waals surface area contributed by atoms with Crippen LogP contribution in [0.1, 0.15) is 46.2 Å². The van der Waals surface area contributed by atoms with Gasteiger partial charge in [-0.15, -0.1) is 0 Å². The van der Waals surface area contributed by atoms with Crippen LogP contribution in [0.2, 0.25) is 0 Å². The van der Waals surface area contributed by atoms with Crippen molar-refractivity contribution in [1.29, 1.82) is 0 Å². The summed E-state index contributed by atoms with van der Waals surface area (Å²) >= 11 is 0. The highest BCUT2D eigenvalue weighted by Gasteiger charge is 2.23. The van der Waals surface area contributed by atoms with Gasteiger partial charge in [-0.1, -0.05) is 25.1 Å². The van der Waals surface area contributed by atoms with Crippen LogP contribution in [0.3, 0.4) is 0 Å². The molecule has 0 saturated carbocycles. The zero-order valence-electron chi connectivity index (χ0n) is 14.6. The van der Waals surface area contributed by atoms with E-state index in [0.29, 0.717) is 24.3 Å². The van der Waals surface area contributed by atoms with Gasteiger partial charge in [-0.3, -0.25) is 4.79 Å². The predicted molar refractivity (Wildman–Crippen MR) is 91.4 cm³/mol. The highest BCUT2D eigenvalue weighted by molar-refractivity contribution is 5.94. The Bertz CT molecular complexity index is 718. The molecule has 4 heteroatoms. The Morgan fingerprint density at radius 2 is 1.83 bits per heavy atom. The van der Waals surface area contributed by atoms with Crippen molar-refractivity contribution in [2.75, 3.05) is 13.6 Å². The van der Waals surface area contributed by atoms with Crippen molar-refractivity contribution in [2.24, 2.45) is 0 Å². The lowest BCUT2D eigenvalue weighted by atomic mass is 10.1. The molecule has 0 spiro atoms. The standard InChI is InChI=1S/C19H25FN2O/c1-6-11-21(5)19(23)18-14(3)13(2)15(4)22(18)12-16-9-7-8-10-17(16)20/h7-10H,6,11-12H2,1-5H3. The number of carbonyl (C=O) groups excluding carboxylic acids is 1. The van der Waals surface area contributed by atoms with Crippen LogP contribution in [0.4, 0.5) is 4.39 Å². The first-order valence-electron chi connectivity index (χ1n) is 8.03. The van der Waals surface area contributed by atoms with Gasteiger partial charge in [0.2, 0.25) is 0 Å².